The van der Waals surface area contributed by atoms with E-state index >= 15 is 0 Å². The number of hydrogen-bond acceptors (Lipinski definition) is 4. The van der Waals surface area contributed by atoms with Crippen LogP contribution in [-0.2, 0) is 20.9 Å². The largest absolute Gasteiger partial charge is 0.461 e. The van der Waals surface area contributed by atoms with Crippen LogP contribution in [0.3, 0.4) is 0 Å². The summed E-state index contributed by atoms with van der Waals surface area (Å²) < 4.78 is 10.7. The van der Waals surface area contributed by atoms with Gasteiger partial charge in [0.05, 0.1) is 12.5 Å². The van der Waals surface area contributed by atoms with E-state index < -0.39 is 0 Å². The Morgan fingerprint density at radius 2 is 2.14 bits per heavy atom. The molecule has 3 unspecified atom stereocenters. The second-order valence-electron chi connectivity index (χ2n) is 5.81. The molecule has 4 heteroatoms. The van der Waals surface area contributed by atoms with Gasteiger partial charge in [0.25, 0.3) is 0 Å². The predicted octanol–water partition coefficient (Wildman–Crippen LogP) is 2.38. The van der Waals surface area contributed by atoms with Gasteiger partial charge in [-0.3, -0.25) is 4.79 Å². The molecule has 1 N–H and O–H groups in total. The first-order valence-corrected chi connectivity index (χ1v) is 7.68. The fourth-order valence-electron chi connectivity index (χ4n) is 2.43. The summed E-state index contributed by atoms with van der Waals surface area (Å²) in [6.07, 6.45) is 1.10. The Labute approximate surface area is 126 Å². The minimum Gasteiger partial charge on any atom is -0.461 e. The van der Waals surface area contributed by atoms with E-state index in [0.717, 1.165) is 25.2 Å². The Balaban J connectivity index is 1.67. The number of rotatable bonds is 7. The molecular formula is C17H25NO3. The lowest BCUT2D eigenvalue weighted by molar-refractivity contribution is -0.149. The lowest BCUT2D eigenvalue weighted by atomic mass is 10.00. The van der Waals surface area contributed by atoms with Crippen molar-refractivity contribution in [3.8, 4) is 0 Å². The molecule has 0 aliphatic carbocycles. The van der Waals surface area contributed by atoms with Gasteiger partial charge in [-0.1, -0.05) is 37.3 Å². The minimum absolute atomic E-state index is 0.140. The van der Waals surface area contributed by atoms with Crippen molar-refractivity contribution in [3.63, 3.8) is 0 Å². The van der Waals surface area contributed by atoms with Gasteiger partial charge in [0.15, 0.2) is 0 Å². The van der Waals surface area contributed by atoms with Gasteiger partial charge in [0.1, 0.15) is 6.61 Å². The molecule has 1 aromatic carbocycles. The molecule has 1 aromatic rings. The van der Waals surface area contributed by atoms with Crippen LogP contribution in [0, 0.1) is 11.8 Å². The summed E-state index contributed by atoms with van der Waals surface area (Å²) in [6.45, 7) is 6.72. The van der Waals surface area contributed by atoms with E-state index in [9.17, 15) is 4.79 Å². The molecule has 0 radical (unpaired) electrons. The lowest BCUT2D eigenvalue weighted by Gasteiger charge is -2.21. The van der Waals surface area contributed by atoms with Crippen molar-refractivity contribution in [2.24, 2.45) is 11.8 Å². The first-order valence-electron chi connectivity index (χ1n) is 7.68. The van der Waals surface area contributed by atoms with Crippen LogP contribution in [0.25, 0.3) is 0 Å². The molecule has 4 nitrogen and oxygen atoms in total. The van der Waals surface area contributed by atoms with E-state index in [1.165, 1.54) is 0 Å². The smallest absolute Gasteiger partial charge is 0.310 e. The number of carbonyl (C=O) groups is 1. The summed E-state index contributed by atoms with van der Waals surface area (Å²) in [7, 11) is 0. The fraction of sp³-hybridized carbons (Fsp3) is 0.588. The molecule has 1 fully saturated rings. The van der Waals surface area contributed by atoms with Crippen LogP contribution >= 0.6 is 0 Å². The highest BCUT2D eigenvalue weighted by molar-refractivity contribution is 5.72. The Morgan fingerprint density at radius 1 is 1.38 bits per heavy atom. The van der Waals surface area contributed by atoms with Crippen LogP contribution < -0.4 is 5.32 Å². The molecule has 0 aromatic heterocycles. The van der Waals surface area contributed by atoms with Crippen molar-refractivity contribution in [2.45, 2.75) is 32.9 Å². The van der Waals surface area contributed by atoms with Gasteiger partial charge in [-0.25, -0.2) is 0 Å². The van der Waals surface area contributed by atoms with Crippen LogP contribution in [-0.4, -0.2) is 31.8 Å². The maximum atomic E-state index is 12.0. The Kier molecular flexibility index (Phi) is 6.21. The Morgan fingerprint density at radius 3 is 2.81 bits per heavy atom. The first kappa shape index (κ1) is 16.0. The summed E-state index contributed by atoms with van der Waals surface area (Å²) in [5.41, 5.74) is 1.02. The normalized spacial score (nSPS) is 21.0. The van der Waals surface area contributed by atoms with Gasteiger partial charge in [-0.15, -0.1) is 0 Å². The average molecular weight is 291 g/mol. The number of carbonyl (C=O) groups excluding carboxylic acids is 1. The third-order valence-corrected chi connectivity index (χ3v) is 4.04. The highest BCUT2D eigenvalue weighted by Crippen LogP contribution is 2.16. The summed E-state index contributed by atoms with van der Waals surface area (Å²) in [5.74, 6) is 0.261. The zero-order chi connectivity index (χ0) is 15.1. The minimum atomic E-state index is -0.152. The van der Waals surface area contributed by atoms with Crippen molar-refractivity contribution < 1.29 is 14.3 Å². The number of esters is 1. The van der Waals surface area contributed by atoms with E-state index in [2.05, 4.69) is 12.2 Å². The SMILES string of the molecule is CC(CNC(C)C1CCOC1)C(=O)OCc1ccccc1. The van der Waals surface area contributed by atoms with Crippen LogP contribution in [0.5, 0.6) is 0 Å². The van der Waals surface area contributed by atoms with Gasteiger partial charge in [0.2, 0.25) is 0 Å². The standard InChI is InChI=1S/C17H25NO3/c1-13(10-18-14(2)16-8-9-20-12-16)17(19)21-11-15-6-4-3-5-7-15/h3-7,13-14,16,18H,8-12H2,1-2H3. The van der Waals surface area contributed by atoms with Crippen molar-refractivity contribution in [1.29, 1.82) is 0 Å². The lowest BCUT2D eigenvalue weighted by Crippen LogP contribution is -2.38. The molecule has 0 saturated carbocycles. The second-order valence-corrected chi connectivity index (χ2v) is 5.81. The number of benzene rings is 1. The summed E-state index contributed by atoms with van der Waals surface area (Å²) in [4.78, 5) is 12.0. The van der Waals surface area contributed by atoms with Gasteiger partial charge in [0, 0.05) is 19.2 Å². The predicted molar refractivity (Wildman–Crippen MR) is 81.8 cm³/mol. The van der Waals surface area contributed by atoms with Gasteiger partial charge >= 0.3 is 5.97 Å². The number of ether oxygens (including phenoxy) is 2. The van der Waals surface area contributed by atoms with Gasteiger partial charge in [-0.2, -0.15) is 0 Å². The molecule has 1 saturated heterocycles. The van der Waals surface area contributed by atoms with Crippen molar-refractivity contribution in [3.05, 3.63) is 35.9 Å². The molecule has 2 rings (SSSR count). The maximum Gasteiger partial charge on any atom is 0.310 e. The molecule has 0 spiro atoms. The molecule has 0 amide bonds. The monoisotopic (exact) mass is 291 g/mol. The summed E-state index contributed by atoms with van der Waals surface area (Å²) >= 11 is 0. The van der Waals surface area contributed by atoms with Crippen molar-refractivity contribution in [2.75, 3.05) is 19.8 Å². The van der Waals surface area contributed by atoms with Crippen LogP contribution in [0.15, 0.2) is 30.3 Å². The highest BCUT2D eigenvalue weighted by Gasteiger charge is 2.23. The molecule has 116 valence electrons. The molecular weight excluding hydrogens is 266 g/mol. The molecule has 1 aliphatic heterocycles. The molecule has 0 bridgehead atoms. The highest BCUT2D eigenvalue weighted by atomic mass is 16.5. The molecule has 1 heterocycles. The average Bonchev–Trinajstić information content (AvgIpc) is 3.05. The first-order chi connectivity index (χ1) is 10.2. The van der Waals surface area contributed by atoms with Crippen LogP contribution in [0.1, 0.15) is 25.8 Å². The van der Waals surface area contributed by atoms with Crippen molar-refractivity contribution in [1.82, 2.24) is 5.32 Å². The zero-order valence-electron chi connectivity index (χ0n) is 12.9. The Hall–Kier alpha value is -1.39. The fourth-order valence-corrected chi connectivity index (χ4v) is 2.43. The van der Waals surface area contributed by atoms with E-state index in [-0.39, 0.29) is 11.9 Å². The quantitative estimate of drug-likeness (QED) is 0.784. The molecule has 3 atom stereocenters. The molecule has 21 heavy (non-hydrogen) atoms. The third-order valence-electron chi connectivity index (χ3n) is 4.04. The number of hydrogen-bond donors (Lipinski definition) is 1. The zero-order valence-corrected chi connectivity index (χ0v) is 12.9. The van der Waals surface area contributed by atoms with Crippen LogP contribution in [0.4, 0.5) is 0 Å². The van der Waals surface area contributed by atoms with E-state index in [1.54, 1.807) is 0 Å². The van der Waals surface area contributed by atoms with Crippen LogP contribution in [0.2, 0.25) is 0 Å². The summed E-state index contributed by atoms with van der Waals surface area (Å²) in [6, 6.07) is 10.1. The second kappa shape index (κ2) is 8.15. The van der Waals surface area contributed by atoms with E-state index in [4.69, 9.17) is 9.47 Å². The maximum absolute atomic E-state index is 12.0. The van der Waals surface area contributed by atoms with E-state index in [0.29, 0.717) is 25.1 Å². The summed E-state index contributed by atoms with van der Waals surface area (Å²) in [5, 5.41) is 3.42. The van der Waals surface area contributed by atoms with Crippen molar-refractivity contribution >= 4 is 5.97 Å². The van der Waals surface area contributed by atoms with E-state index in [1.807, 2.05) is 37.3 Å². The van der Waals surface area contributed by atoms with Gasteiger partial charge < -0.3 is 14.8 Å². The number of nitrogens with one attached hydrogen (secondary N) is 1. The third kappa shape index (κ3) is 5.14. The van der Waals surface area contributed by atoms with Gasteiger partial charge in [-0.05, 0) is 24.8 Å². The topological polar surface area (TPSA) is 47.6 Å². The molecule has 1 aliphatic rings. The Bertz CT molecular complexity index is 429.